The number of carbonyl (C=O) groups excluding carboxylic acids is 2. The van der Waals surface area contributed by atoms with Gasteiger partial charge in [0.2, 0.25) is 5.91 Å². The summed E-state index contributed by atoms with van der Waals surface area (Å²) in [6.07, 6.45) is 0.916. The zero-order valence-corrected chi connectivity index (χ0v) is 17.5. The molecule has 2 amide bonds. The molecule has 3 aromatic carbocycles. The van der Waals surface area contributed by atoms with Crippen LogP contribution in [0.4, 0.5) is 17.1 Å². The van der Waals surface area contributed by atoms with Gasteiger partial charge in [0.25, 0.3) is 5.91 Å². The van der Waals surface area contributed by atoms with E-state index >= 15 is 0 Å². The van der Waals surface area contributed by atoms with Gasteiger partial charge in [-0.05, 0) is 48.4 Å². The molecule has 1 atom stereocenters. The Labute approximate surface area is 182 Å². The standard InChI is InChI=1S/C25H26N4O2/c1-17(30)27-21-13-14-29(16-21)22-10-7-19(8-11-22)25(31)28-24-15-20(26)9-12-23(24)18-5-3-2-4-6-18/h2-12,15,21H,13-14,16,26H2,1H3,(H,27,30)(H,28,31). The van der Waals surface area contributed by atoms with Crippen LogP contribution >= 0.6 is 0 Å². The van der Waals surface area contributed by atoms with Gasteiger partial charge in [0.15, 0.2) is 0 Å². The summed E-state index contributed by atoms with van der Waals surface area (Å²) in [6, 6.07) is 23.1. The lowest BCUT2D eigenvalue weighted by molar-refractivity contribution is -0.119. The Morgan fingerprint density at radius 2 is 1.74 bits per heavy atom. The Bertz CT molecular complexity index is 1080. The van der Waals surface area contributed by atoms with Crippen LogP contribution in [0, 0.1) is 0 Å². The highest BCUT2D eigenvalue weighted by Crippen LogP contribution is 2.30. The molecule has 3 aromatic rings. The van der Waals surface area contributed by atoms with Crippen LogP contribution in [0.5, 0.6) is 0 Å². The van der Waals surface area contributed by atoms with Gasteiger partial charge in [0.05, 0.1) is 5.69 Å². The summed E-state index contributed by atoms with van der Waals surface area (Å²) in [6.45, 7) is 3.19. The largest absolute Gasteiger partial charge is 0.399 e. The summed E-state index contributed by atoms with van der Waals surface area (Å²) >= 11 is 0. The van der Waals surface area contributed by atoms with E-state index in [1.807, 2.05) is 66.7 Å². The molecule has 4 N–H and O–H groups in total. The summed E-state index contributed by atoms with van der Waals surface area (Å²) in [7, 11) is 0. The molecule has 1 aliphatic heterocycles. The second-order valence-electron chi connectivity index (χ2n) is 7.80. The smallest absolute Gasteiger partial charge is 0.255 e. The lowest BCUT2D eigenvalue weighted by Crippen LogP contribution is -2.35. The molecule has 6 nitrogen and oxygen atoms in total. The van der Waals surface area contributed by atoms with Crippen LogP contribution < -0.4 is 21.3 Å². The van der Waals surface area contributed by atoms with Crippen molar-refractivity contribution in [1.82, 2.24) is 5.32 Å². The number of benzene rings is 3. The van der Waals surface area contributed by atoms with E-state index < -0.39 is 0 Å². The highest BCUT2D eigenvalue weighted by Gasteiger charge is 2.23. The molecule has 0 saturated carbocycles. The van der Waals surface area contributed by atoms with Crippen LogP contribution in [0.1, 0.15) is 23.7 Å². The number of hydrogen-bond donors (Lipinski definition) is 3. The molecule has 1 unspecified atom stereocenters. The molecule has 0 radical (unpaired) electrons. The molecule has 4 rings (SSSR count). The SMILES string of the molecule is CC(=O)NC1CCN(c2ccc(C(=O)Nc3cc(N)ccc3-c3ccccc3)cc2)C1. The molecule has 0 aromatic heterocycles. The summed E-state index contributed by atoms with van der Waals surface area (Å²) in [4.78, 5) is 26.4. The Kier molecular flexibility index (Phi) is 5.89. The van der Waals surface area contributed by atoms with Crippen LogP contribution in [0.3, 0.4) is 0 Å². The molecular weight excluding hydrogens is 388 g/mol. The lowest BCUT2D eigenvalue weighted by atomic mass is 10.0. The molecule has 1 fully saturated rings. The van der Waals surface area contributed by atoms with Crippen molar-refractivity contribution in [3.05, 3.63) is 78.4 Å². The number of nitrogens with two attached hydrogens (primary N) is 1. The normalized spacial score (nSPS) is 15.5. The summed E-state index contributed by atoms with van der Waals surface area (Å²) < 4.78 is 0. The molecule has 1 saturated heterocycles. The number of hydrogen-bond acceptors (Lipinski definition) is 4. The lowest BCUT2D eigenvalue weighted by Gasteiger charge is -2.19. The fourth-order valence-corrected chi connectivity index (χ4v) is 3.95. The van der Waals surface area contributed by atoms with Gasteiger partial charge in [0, 0.05) is 48.6 Å². The second-order valence-corrected chi connectivity index (χ2v) is 7.80. The minimum Gasteiger partial charge on any atom is -0.399 e. The average Bonchev–Trinajstić information content (AvgIpc) is 3.22. The van der Waals surface area contributed by atoms with E-state index in [1.165, 1.54) is 0 Å². The Hall–Kier alpha value is -3.80. The maximum absolute atomic E-state index is 12.9. The minimum atomic E-state index is -0.188. The average molecular weight is 415 g/mol. The molecule has 0 aliphatic carbocycles. The molecule has 158 valence electrons. The van der Waals surface area contributed by atoms with Crippen LogP contribution in [0.25, 0.3) is 11.1 Å². The van der Waals surface area contributed by atoms with Crippen LogP contribution in [0.2, 0.25) is 0 Å². The minimum absolute atomic E-state index is 0.00436. The van der Waals surface area contributed by atoms with Gasteiger partial charge in [-0.2, -0.15) is 0 Å². The third-order valence-corrected chi connectivity index (χ3v) is 5.47. The van der Waals surface area contributed by atoms with Crippen molar-refractivity contribution >= 4 is 28.9 Å². The van der Waals surface area contributed by atoms with Crippen LogP contribution in [0.15, 0.2) is 72.8 Å². The topological polar surface area (TPSA) is 87.5 Å². The van der Waals surface area contributed by atoms with Gasteiger partial charge in [-0.3, -0.25) is 9.59 Å². The highest BCUT2D eigenvalue weighted by molar-refractivity contribution is 6.06. The zero-order valence-electron chi connectivity index (χ0n) is 17.5. The van der Waals surface area contributed by atoms with E-state index in [0.29, 0.717) is 16.9 Å². The Balaban J connectivity index is 1.48. The van der Waals surface area contributed by atoms with E-state index in [9.17, 15) is 9.59 Å². The molecule has 6 heteroatoms. The summed E-state index contributed by atoms with van der Waals surface area (Å²) in [5, 5.41) is 5.97. The molecular formula is C25H26N4O2. The van der Waals surface area contributed by atoms with Gasteiger partial charge in [-0.25, -0.2) is 0 Å². The van der Waals surface area contributed by atoms with Crippen molar-refractivity contribution in [2.24, 2.45) is 0 Å². The third kappa shape index (κ3) is 4.86. The first kappa shape index (κ1) is 20.5. The van der Waals surface area contributed by atoms with Gasteiger partial charge in [-0.1, -0.05) is 36.4 Å². The van der Waals surface area contributed by atoms with Crippen LogP contribution in [-0.4, -0.2) is 30.9 Å². The molecule has 31 heavy (non-hydrogen) atoms. The number of nitrogen functional groups attached to an aromatic ring is 1. The van der Waals surface area contributed by atoms with Gasteiger partial charge >= 0.3 is 0 Å². The van der Waals surface area contributed by atoms with Crippen molar-refractivity contribution in [3.63, 3.8) is 0 Å². The fourth-order valence-electron chi connectivity index (χ4n) is 3.95. The first-order chi connectivity index (χ1) is 15.0. The van der Waals surface area contributed by atoms with E-state index in [2.05, 4.69) is 15.5 Å². The van der Waals surface area contributed by atoms with Crippen molar-refractivity contribution < 1.29 is 9.59 Å². The summed E-state index contributed by atoms with van der Waals surface area (Å²) in [5.41, 5.74) is 10.8. The summed E-state index contributed by atoms with van der Waals surface area (Å²) in [5.74, 6) is -0.192. The number of carbonyl (C=O) groups is 2. The maximum Gasteiger partial charge on any atom is 0.255 e. The van der Waals surface area contributed by atoms with E-state index in [4.69, 9.17) is 5.73 Å². The van der Waals surface area contributed by atoms with Crippen molar-refractivity contribution in [2.45, 2.75) is 19.4 Å². The third-order valence-electron chi connectivity index (χ3n) is 5.47. The number of nitrogens with zero attached hydrogens (tertiary/aromatic N) is 1. The monoisotopic (exact) mass is 414 g/mol. The van der Waals surface area contributed by atoms with E-state index in [-0.39, 0.29) is 17.9 Å². The predicted molar refractivity (Wildman–Crippen MR) is 125 cm³/mol. The molecule has 1 aliphatic rings. The first-order valence-electron chi connectivity index (χ1n) is 10.4. The first-order valence-corrected chi connectivity index (χ1v) is 10.4. The number of rotatable bonds is 5. The number of nitrogens with one attached hydrogen (secondary N) is 2. The molecule has 0 bridgehead atoms. The van der Waals surface area contributed by atoms with Gasteiger partial charge < -0.3 is 21.3 Å². The zero-order chi connectivity index (χ0) is 21.8. The number of anilines is 3. The van der Waals surface area contributed by atoms with Crippen molar-refractivity contribution in [3.8, 4) is 11.1 Å². The van der Waals surface area contributed by atoms with Crippen molar-refractivity contribution in [1.29, 1.82) is 0 Å². The van der Waals surface area contributed by atoms with E-state index in [0.717, 1.165) is 36.3 Å². The van der Waals surface area contributed by atoms with Crippen LogP contribution in [-0.2, 0) is 4.79 Å². The Morgan fingerprint density at radius 1 is 1.00 bits per heavy atom. The number of amides is 2. The maximum atomic E-state index is 12.9. The Morgan fingerprint density at radius 3 is 2.45 bits per heavy atom. The quantitative estimate of drug-likeness (QED) is 0.553. The highest BCUT2D eigenvalue weighted by atomic mass is 16.2. The molecule has 0 spiro atoms. The van der Waals surface area contributed by atoms with Gasteiger partial charge in [0.1, 0.15) is 0 Å². The molecule has 1 heterocycles. The predicted octanol–water partition coefficient (Wildman–Crippen LogP) is 3.90. The van der Waals surface area contributed by atoms with E-state index in [1.54, 1.807) is 13.0 Å². The fraction of sp³-hybridized carbons (Fsp3) is 0.200. The van der Waals surface area contributed by atoms with Gasteiger partial charge in [-0.15, -0.1) is 0 Å². The second kappa shape index (κ2) is 8.92. The van der Waals surface area contributed by atoms with Crippen molar-refractivity contribution in [2.75, 3.05) is 29.0 Å².